The smallest absolute Gasteiger partial charge is 0.438 e. The molecule has 0 aromatic rings. The molecule has 4 fully saturated rings. The Kier molecular flexibility index (Phi) is 9.11. The van der Waals surface area contributed by atoms with Crippen molar-refractivity contribution in [2.75, 3.05) is 6.79 Å². The van der Waals surface area contributed by atoms with Gasteiger partial charge >= 0.3 is 21.6 Å². The molecule has 0 spiro atoms. The Morgan fingerprint density at radius 1 is 1.05 bits per heavy atom. The van der Waals surface area contributed by atoms with Gasteiger partial charge in [-0.3, -0.25) is 9.32 Å². The van der Waals surface area contributed by atoms with E-state index < -0.39 is 63.2 Å². The second-order valence-electron chi connectivity index (χ2n) is 13.0. The van der Waals surface area contributed by atoms with Crippen LogP contribution >= 0.6 is 15.6 Å². The van der Waals surface area contributed by atoms with Crippen molar-refractivity contribution in [1.82, 2.24) is 0 Å². The van der Waals surface area contributed by atoms with Crippen LogP contribution in [0.5, 0.6) is 0 Å². The predicted octanol–water partition coefficient (Wildman–Crippen LogP) is 3.39. The van der Waals surface area contributed by atoms with E-state index in [0.717, 1.165) is 0 Å². The first-order valence-corrected chi connectivity index (χ1v) is 17.0. The largest absolute Gasteiger partial charge is 0.472 e. The van der Waals surface area contributed by atoms with Crippen molar-refractivity contribution in [1.29, 1.82) is 0 Å². The maximum atomic E-state index is 16.3. The Morgan fingerprint density at radius 2 is 1.73 bits per heavy atom. The molecule has 4 aliphatic carbocycles. The lowest BCUT2D eigenvalue weighted by atomic mass is 9.42. The van der Waals surface area contributed by atoms with Crippen molar-refractivity contribution in [3.05, 3.63) is 0 Å². The third-order valence-corrected chi connectivity index (χ3v) is 12.1. The first-order valence-electron chi connectivity index (χ1n) is 14.0. The molecule has 11 atom stereocenters. The van der Waals surface area contributed by atoms with Crippen LogP contribution < -0.4 is 0 Å². The van der Waals surface area contributed by atoms with Gasteiger partial charge in [-0.1, -0.05) is 20.8 Å². The summed E-state index contributed by atoms with van der Waals surface area (Å²) in [6.45, 7) is 5.10. The van der Waals surface area contributed by atoms with E-state index in [2.05, 4.69) is 4.52 Å². The summed E-state index contributed by atoms with van der Waals surface area (Å²) in [6.07, 6.45) is 1.49. The molecule has 11 unspecified atom stereocenters. The maximum Gasteiger partial charge on any atom is 0.472 e. The number of aliphatic hydroxyl groups is 2. The normalized spacial score (nSPS) is 44.3. The van der Waals surface area contributed by atoms with Crippen LogP contribution in [0.15, 0.2) is 0 Å². The number of rotatable bonds is 9. The highest BCUT2D eigenvalue weighted by atomic mass is 31.2. The van der Waals surface area contributed by atoms with Gasteiger partial charge in [0.05, 0.1) is 12.2 Å². The van der Waals surface area contributed by atoms with Crippen LogP contribution in [0.4, 0.5) is 4.39 Å². The summed E-state index contributed by atoms with van der Waals surface area (Å²) in [4.78, 5) is 48.0. The highest BCUT2D eigenvalue weighted by Crippen LogP contribution is 2.70. The fourth-order valence-corrected chi connectivity index (χ4v) is 9.94. The predicted molar refractivity (Wildman–Crippen MR) is 137 cm³/mol. The molecule has 0 radical (unpaired) electrons. The van der Waals surface area contributed by atoms with Crippen molar-refractivity contribution in [2.45, 2.75) is 96.6 Å². The zero-order valence-corrected chi connectivity index (χ0v) is 24.9. The Morgan fingerprint density at radius 3 is 2.35 bits per heavy atom. The monoisotopic (exact) mass is 616 g/mol. The van der Waals surface area contributed by atoms with Gasteiger partial charge in [0, 0.05) is 18.8 Å². The Bertz CT molecular complexity index is 1050. The van der Waals surface area contributed by atoms with Gasteiger partial charge in [0.2, 0.25) is 12.6 Å². The topological polar surface area (TPSA) is 200 Å². The highest BCUT2D eigenvalue weighted by Gasteiger charge is 2.69. The number of esters is 1. The zero-order chi connectivity index (χ0) is 29.9. The summed E-state index contributed by atoms with van der Waals surface area (Å²) >= 11 is 0. The third kappa shape index (κ3) is 6.39. The number of ether oxygens (including phenoxy) is 1. The van der Waals surface area contributed by atoms with E-state index in [-0.39, 0.29) is 48.9 Å². The summed E-state index contributed by atoms with van der Waals surface area (Å²) in [5, 5.41) is 22.9. The molecule has 0 bridgehead atoms. The van der Waals surface area contributed by atoms with E-state index in [1.54, 1.807) is 0 Å². The third-order valence-electron chi connectivity index (χ3n) is 11.0. The minimum Gasteiger partial charge on any atom is -0.438 e. The van der Waals surface area contributed by atoms with Crippen molar-refractivity contribution >= 4 is 21.6 Å². The number of hydrogen-bond donors (Lipinski definition) is 6. The van der Waals surface area contributed by atoms with Gasteiger partial charge in [-0.05, 0) is 85.4 Å². The molecular formula is C25H43FO12P2. The van der Waals surface area contributed by atoms with Crippen molar-refractivity contribution in [3.63, 3.8) is 0 Å². The number of aliphatic hydroxyl groups excluding tert-OH is 1. The Balaban J connectivity index is 1.47. The molecule has 0 heterocycles. The van der Waals surface area contributed by atoms with Gasteiger partial charge < -0.3 is 34.5 Å². The van der Waals surface area contributed by atoms with Crippen LogP contribution in [0.1, 0.15) is 78.6 Å². The number of fused-ring (bicyclic) bond motifs is 5. The number of carbonyl (C=O) groups is 1. The highest BCUT2D eigenvalue weighted by molar-refractivity contribution is 7.46. The molecule has 0 saturated heterocycles. The minimum absolute atomic E-state index is 0.0181. The van der Waals surface area contributed by atoms with Crippen LogP contribution in [0.2, 0.25) is 0 Å². The van der Waals surface area contributed by atoms with Crippen molar-refractivity contribution in [3.8, 4) is 0 Å². The van der Waals surface area contributed by atoms with Crippen molar-refractivity contribution in [2.24, 2.45) is 46.3 Å². The maximum absolute atomic E-state index is 16.3. The molecule has 232 valence electrons. The van der Waals surface area contributed by atoms with E-state index >= 15 is 4.39 Å². The number of halogens is 1. The Labute approximate surface area is 233 Å². The summed E-state index contributed by atoms with van der Waals surface area (Å²) < 4.78 is 52.2. The Hall–Kier alpha value is -0.460. The molecule has 4 saturated carbocycles. The van der Waals surface area contributed by atoms with E-state index in [0.29, 0.717) is 38.5 Å². The first-order chi connectivity index (χ1) is 18.3. The zero-order valence-electron chi connectivity index (χ0n) is 23.1. The van der Waals surface area contributed by atoms with Crippen LogP contribution in [-0.4, -0.2) is 60.6 Å². The molecule has 6 N–H and O–H groups in total. The first kappa shape index (κ1) is 32.5. The molecule has 4 aliphatic rings. The molecule has 0 aromatic carbocycles. The van der Waals surface area contributed by atoms with Crippen LogP contribution in [0.25, 0.3) is 0 Å². The summed E-state index contributed by atoms with van der Waals surface area (Å²) in [5.41, 5.74) is -1.12. The standard InChI is InChI=1S/C25H43FO12P2/c1-14(4-7-21(28)36-13-37-39(30,31)32)17-5-6-18-22-19(11-20(27)24(17,18)3)23(2)9-8-16(38-40(33,34)35)10-15(23)12-25(22,26)29/h14-20,22,27,29H,4-13H2,1-3H3,(H2,30,31,32)(H2,33,34,35). The van der Waals surface area contributed by atoms with Crippen molar-refractivity contribution < 1.29 is 61.9 Å². The van der Waals surface area contributed by atoms with E-state index in [1.165, 1.54) is 0 Å². The molecule has 0 aromatic heterocycles. The summed E-state index contributed by atoms with van der Waals surface area (Å²) in [7, 11) is -9.45. The van der Waals surface area contributed by atoms with E-state index in [9.17, 15) is 33.9 Å². The quantitative estimate of drug-likeness (QED) is 0.126. The molecule has 40 heavy (non-hydrogen) atoms. The van der Waals surface area contributed by atoms with Gasteiger partial charge in [-0.15, -0.1) is 0 Å². The van der Waals surface area contributed by atoms with Crippen LogP contribution in [0, 0.1) is 46.3 Å². The second kappa shape index (κ2) is 11.2. The second-order valence-corrected chi connectivity index (χ2v) is 15.5. The number of carbonyl (C=O) groups excluding carboxylic acids is 1. The molecular weight excluding hydrogens is 573 g/mol. The SMILES string of the molecule is CC(CCC(=O)OCOP(=O)(O)O)C1CCC2C3C(CC(O)C12C)C1(C)CCC(OP(=O)(O)O)CC1CC3(O)F. The van der Waals surface area contributed by atoms with Crippen LogP contribution in [0.3, 0.4) is 0 Å². The number of hydrogen-bond acceptors (Lipinski definition) is 8. The van der Waals surface area contributed by atoms with Gasteiger partial charge in [-0.25, -0.2) is 18.0 Å². The average molecular weight is 617 g/mol. The lowest BCUT2D eigenvalue weighted by molar-refractivity contribution is -0.284. The summed E-state index contributed by atoms with van der Waals surface area (Å²) in [6, 6.07) is 0. The number of phosphoric acid groups is 2. The molecule has 0 amide bonds. The van der Waals surface area contributed by atoms with E-state index in [1.807, 2.05) is 20.8 Å². The molecule has 0 aliphatic heterocycles. The fourth-order valence-electron chi connectivity index (χ4n) is 9.17. The van der Waals surface area contributed by atoms with E-state index in [4.69, 9.17) is 19.0 Å². The number of alkyl halides is 1. The molecule has 12 nitrogen and oxygen atoms in total. The molecule has 15 heteroatoms. The van der Waals surface area contributed by atoms with Gasteiger partial charge in [-0.2, -0.15) is 0 Å². The van der Waals surface area contributed by atoms with Gasteiger partial charge in [0.25, 0.3) is 0 Å². The van der Waals surface area contributed by atoms with Crippen LogP contribution in [-0.2, 0) is 27.7 Å². The van der Waals surface area contributed by atoms with Gasteiger partial charge in [0.1, 0.15) is 0 Å². The minimum atomic E-state index is -4.75. The van der Waals surface area contributed by atoms with Gasteiger partial charge in [0.15, 0.2) is 0 Å². The summed E-state index contributed by atoms with van der Waals surface area (Å²) in [5.74, 6) is -4.97. The average Bonchev–Trinajstić information content (AvgIpc) is 3.15. The fraction of sp³-hybridized carbons (Fsp3) is 0.960. The molecule has 4 rings (SSSR count). The number of phosphoric ester groups is 2. The lowest BCUT2D eigenvalue weighted by Crippen LogP contribution is -2.65. The lowest BCUT2D eigenvalue weighted by Gasteiger charge is -2.64.